The molecule has 4 rings (SSSR count). The number of nitrogens with zero attached hydrogens (tertiary/aromatic N) is 8. The molecule has 12 nitrogen and oxygen atoms in total. The van der Waals surface area contributed by atoms with Gasteiger partial charge >= 0.3 is 6.09 Å². The Morgan fingerprint density at radius 3 is 1.85 bits per heavy atom. The van der Waals surface area contributed by atoms with Gasteiger partial charge in [0.05, 0.1) is 31.1 Å². The van der Waals surface area contributed by atoms with E-state index in [1.165, 1.54) is 0 Å². The number of carbonyl (C=O) groups is 2. The summed E-state index contributed by atoms with van der Waals surface area (Å²) in [5, 5.41) is 26.8. The molecule has 1 aliphatic heterocycles. The standard InChI is InChI=1S/C29H42N8O4/c1-19(2)12-20(3)36-16-25(30-32-36)22-13-23(26-17-37(33-31-26)21(4)18-38)15-24(14-22)27(39)34-8-10-35(11-9-34)28(40)41-29(5,6)7/h13-17,19-21,38H,8-12,18H2,1-7H3/t20-,21-/m1/s1. The summed E-state index contributed by atoms with van der Waals surface area (Å²) < 4.78 is 8.95. The second-order valence-corrected chi connectivity index (χ2v) is 12.2. The maximum absolute atomic E-state index is 13.7. The Morgan fingerprint density at radius 2 is 1.37 bits per heavy atom. The largest absolute Gasteiger partial charge is 0.444 e. The van der Waals surface area contributed by atoms with Crippen molar-refractivity contribution in [3.8, 4) is 22.5 Å². The SMILES string of the molecule is CC(C)C[C@@H](C)n1cc(-c2cc(C(=O)N3CCN(C(=O)OC(C)(C)C)CC3)cc(-c3cn([C@H](C)CO)nn3)c2)nn1. The predicted molar refractivity (Wildman–Crippen MR) is 154 cm³/mol. The van der Waals surface area contributed by atoms with Gasteiger partial charge in [-0.25, -0.2) is 14.2 Å². The first kappa shape index (κ1) is 30.2. The van der Waals surface area contributed by atoms with Gasteiger partial charge in [0.25, 0.3) is 5.91 Å². The second kappa shape index (κ2) is 12.4. The molecule has 0 radical (unpaired) electrons. The molecule has 222 valence electrons. The van der Waals surface area contributed by atoms with Crippen molar-refractivity contribution >= 4 is 12.0 Å². The number of ether oxygens (including phenoxy) is 1. The van der Waals surface area contributed by atoms with Crippen LogP contribution in [-0.4, -0.2) is 95.3 Å². The van der Waals surface area contributed by atoms with Crippen molar-refractivity contribution in [1.29, 1.82) is 0 Å². The van der Waals surface area contributed by atoms with E-state index >= 15 is 0 Å². The number of hydrogen-bond donors (Lipinski definition) is 1. The maximum atomic E-state index is 13.7. The number of amides is 2. The van der Waals surface area contributed by atoms with E-state index in [9.17, 15) is 14.7 Å². The van der Waals surface area contributed by atoms with Gasteiger partial charge in [-0.05, 0) is 65.2 Å². The number of aliphatic hydroxyl groups excluding tert-OH is 1. The average Bonchev–Trinajstić information content (AvgIpc) is 3.62. The van der Waals surface area contributed by atoms with E-state index in [4.69, 9.17) is 4.74 Å². The lowest BCUT2D eigenvalue weighted by Crippen LogP contribution is -2.51. The molecule has 1 saturated heterocycles. The molecule has 0 unspecified atom stereocenters. The summed E-state index contributed by atoms with van der Waals surface area (Å²) in [5.74, 6) is 0.374. The van der Waals surface area contributed by atoms with Crippen molar-refractivity contribution < 1.29 is 19.4 Å². The fraction of sp³-hybridized carbons (Fsp3) is 0.586. The van der Waals surface area contributed by atoms with Crippen LogP contribution in [0, 0.1) is 5.92 Å². The summed E-state index contributed by atoms with van der Waals surface area (Å²) in [6, 6.07) is 5.51. The molecule has 3 heterocycles. The Hall–Kier alpha value is -3.80. The molecule has 3 aromatic rings. The van der Waals surface area contributed by atoms with Crippen molar-refractivity contribution in [1.82, 2.24) is 39.8 Å². The zero-order valence-electron chi connectivity index (χ0n) is 25.1. The molecule has 2 aromatic heterocycles. The van der Waals surface area contributed by atoms with E-state index in [1.54, 1.807) is 26.7 Å². The second-order valence-electron chi connectivity index (χ2n) is 12.2. The predicted octanol–water partition coefficient (Wildman–Crippen LogP) is 4.06. The lowest BCUT2D eigenvalue weighted by atomic mass is 10.0. The molecule has 12 heteroatoms. The van der Waals surface area contributed by atoms with Crippen LogP contribution in [0.4, 0.5) is 4.79 Å². The van der Waals surface area contributed by atoms with Gasteiger partial charge in [-0.2, -0.15) is 0 Å². The Kier molecular flexibility index (Phi) is 9.11. The summed E-state index contributed by atoms with van der Waals surface area (Å²) in [4.78, 5) is 29.6. The number of rotatable bonds is 8. The van der Waals surface area contributed by atoms with Gasteiger partial charge in [-0.3, -0.25) is 4.79 Å². The van der Waals surface area contributed by atoms with Crippen LogP contribution in [0.15, 0.2) is 30.6 Å². The molecule has 2 atom stereocenters. The van der Waals surface area contributed by atoms with E-state index in [1.807, 2.05) is 50.7 Å². The summed E-state index contributed by atoms with van der Waals surface area (Å²) >= 11 is 0. The van der Waals surface area contributed by atoms with Crippen LogP contribution in [0.2, 0.25) is 0 Å². The summed E-state index contributed by atoms with van der Waals surface area (Å²) in [5.41, 5.74) is 2.59. The number of aromatic nitrogens is 6. The third-order valence-corrected chi connectivity index (χ3v) is 6.99. The van der Waals surface area contributed by atoms with Crippen molar-refractivity contribution in [3.63, 3.8) is 0 Å². The molecule has 2 amide bonds. The topological polar surface area (TPSA) is 132 Å². The minimum absolute atomic E-state index is 0.0699. The first-order valence-corrected chi connectivity index (χ1v) is 14.2. The average molecular weight is 567 g/mol. The fourth-order valence-electron chi connectivity index (χ4n) is 4.77. The van der Waals surface area contributed by atoms with E-state index in [-0.39, 0.29) is 30.7 Å². The van der Waals surface area contributed by atoms with Crippen molar-refractivity contribution in [2.75, 3.05) is 32.8 Å². The minimum Gasteiger partial charge on any atom is -0.444 e. The van der Waals surface area contributed by atoms with E-state index < -0.39 is 5.60 Å². The first-order chi connectivity index (χ1) is 19.3. The summed E-state index contributed by atoms with van der Waals surface area (Å²) in [7, 11) is 0. The van der Waals surface area contributed by atoms with Gasteiger partial charge in [-0.1, -0.05) is 24.3 Å². The number of piperazine rings is 1. The summed E-state index contributed by atoms with van der Waals surface area (Å²) in [6.45, 7) is 15.3. The number of carbonyl (C=O) groups excluding carboxylic acids is 2. The van der Waals surface area contributed by atoms with Gasteiger partial charge in [0.15, 0.2) is 0 Å². The highest BCUT2D eigenvalue weighted by molar-refractivity contribution is 5.97. The highest BCUT2D eigenvalue weighted by atomic mass is 16.6. The van der Waals surface area contributed by atoms with Crippen LogP contribution in [0.3, 0.4) is 0 Å². The van der Waals surface area contributed by atoms with E-state index in [2.05, 4.69) is 41.4 Å². The minimum atomic E-state index is -0.577. The lowest BCUT2D eigenvalue weighted by molar-refractivity contribution is 0.0141. The molecule has 1 aromatic carbocycles. The van der Waals surface area contributed by atoms with Gasteiger partial charge in [-0.15, -0.1) is 10.2 Å². The molecule has 0 saturated carbocycles. The van der Waals surface area contributed by atoms with Gasteiger partial charge in [0.2, 0.25) is 0 Å². The molecule has 0 aliphatic carbocycles. The lowest BCUT2D eigenvalue weighted by Gasteiger charge is -2.35. The van der Waals surface area contributed by atoms with Crippen LogP contribution in [-0.2, 0) is 4.74 Å². The molecule has 1 fully saturated rings. The summed E-state index contributed by atoms with van der Waals surface area (Å²) in [6.07, 6.45) is 4.26. The van der Waals surface area contributed by atoms with E-state index in [0.717, 1.165) is 12.0 Å². The maximum Gasteiger partial charge on any atom is 0.410 e. The normalized spacial score (nSPS) is 15.7. The van der Waals surface area contributed by atoms with Crippen LogP contribution in [0.5, 0.6) is 0 Å². The number of benzene rings is 1. The zero-order chi connectivity index (χ0) is 29.9. The number of hydrogen-bond acceptors (Lipinski definition) is 8. The molecule has 41 heavy (non-hydrogen) atoms. The fourth-order valence-corrected chi connectivity index (χ4v) is 4.77. The van der Waals surface area contributed by atoms with Gasteiger partial charge < -0.3 is 19.6 Å². The van der Waals surface area contributed by atoms with Crippen molar-refractivity contribution in [3.05, 3.63) is 36.2 Å². The Bertz CT molecular complexity index is 1350. The Labute approximate surface area is 241 Å². The smallest absolute Gasteiger partial charge is 0.410 e. The molecule has 1 N–H and O–H groups in total. The quantitative estimate of drug-likeness (QED) is 0.432. The van der Waals surface area contributed by atoms with Gasteiger partial charge in [0.1, 0.15) is 17.0 Å². The molecular weight excluding hydrogens is 524 g/mol. The third-order valence-electron chi connectivity index (χ3n) is 6.99. The van der Waals surface area contributed by atoms with E-state index in [0.29, 0.717) is 54.6 Å². The van der Waals surface area contributed by atoms with Crippen LogP contribution >= 0.6 is 0 Å². The first-order valence-electron chi connectivity index (χ1n) is 14.2. The van der Waals surface area contributed by atoms with Crippen LogP contribution in [0.1, 0.15) is 77.3 Å². The van der Waals surface area contributed by atoms with Gasteiger partial charge in [0, 0.05) is 42.9 Å². The molecule has 0 bridgehead atoms. The zero-order valence-corrected chi connectivity index (χ0v) is 25.1. The Balaban J connectivity index is 1.62. The number of aliphatic hydroxyl groups is 1. The van der Waals surface area contributed by atoms with Crippen molar-refractivity contribution in [2.45, 2.75) is 72.6 Å². The highest BCUT2D eigenvalue weighted by Gasteiger charge is 2.29. The van der Waals surface area contributed by atoms with Crippen LogP contribution < -0.4 is 0 Å². The van der Waals surface area contributed by atoms with Crippen LogP contribution in [0.25, 0.3) is 22.5 Å². The Morgan fingerprint density at radius 1 is 0.854 bits per heavy atom. The molecule has 0 spiro atoms. The third kappa shape index (κ3) is 7.49. The molecule has 1 aliphatic rings. The van der Waals surface area contributed by atoms with Crippen molar-refractivity contribution in [2.24, 2.45) is 5.92 Å². The monoisotopic (exact) mass is 566 g/mol. The molecular formula is C29H42N8O4. The highest BCUT2D eigenvalue weighted by Crippen LogP contribution is 2.29.